The molecule has 5 nitrogen and oxygen atoms in total. The lowest BCUT2D eigenvalue weighted by Crippen LogP contribution is -2.26. The summed E-state index contributed by atoms with van der Waals surface area (Å²) in [4.78, 5) is 18.8. The first kappa shape index (κ1) is 18.5. The van der Waals surface area contributed by atoms with E-state index in [-0.39, 0.29) is 12.0 Å². The second kappa shape index (κ2) is 8.36. The first-order valence-electron chi connectivity index (χ1n) is 8.86. The van der Waals surface area contributed by atoms with Crippen LogP contribution < -0.4 is 15.0 Å². The van der Waals surface area contributed by atoms with Crippen molar-refractivity contribution in [2.75, 3.05) is 17.3 Å². The molecule has 0 bridgehead atoms. The maximum Gasteiger partial charge on any atom is 0.258 e. The molecular formula is C22H23N3O2. The van der Waals surface area contributed by atoms with Crippen molar-refractivity contribution in [3.05, 3.63) is 78.5 Å². The first-order chi connectivity index (χ1) is 13.0. The Hall–Kier alpha value is -3.34. The van der Waals surface area contributed by atoms with Gasteiger partial charge in [0.05, 0.1) is 11.8 Å². The molecule has 138 valence electrons. The molecule has 0 atom stereocenters. The number of rotatable bonds is 6. The second-order valence-electron chi connectivity index (χ2n) is 6.42. The molecule has 5 heteroatoms. The van der Waals surface area contributed by atoms with Gasteiger partial charge >= 0.3 is 0 Å². The summed E-state index contributed by atoms with van der Waals surface area (Å²) in [5.74, 6) is 1.23. The van der Waals surface area contributed by atoms with Crippen LogP contribution in [0.5, 0.6) is 5.75 Å². The zero-order valence-corrected chi connectivity index (χ0v) is 15.7. The lowest BCUT2D eigenvalue weighted by molar-refractivity contribution is 0.0993. The fraction of sp³-hybridized carbons (Fsp3) is 0.182. The Labute approximate surface area is 159 Å². The van der Waals surface area contributed by atoms with Gasteiger partial charge in [0.2, 0.25) is 0 Å². The Balaban J connectivity index is 1.81. The number of nitrogens with one attached hydrogen (secondary N) is 1. The van der Waals surface area contributed by atoms with Crippen molar-refractivity contribution in [2.45, 2.75) is 20.0 Å². The van der Waals surface area contributed by atoms with Gasteiger partial charge in [-0.15, -0.1) is 0 Å². The summed E-state index contributed by atoms with van der Waals surface area (Å²) in [5, 5.41) is 3.24. The van der Waals surface area contributed by atoms with Crippen LogP contribution in [0.15, 0.2) is 72.9 Å². The Kier molecular flexibility index (Phi) is 5.71. The molecule has 1 aromatic heterocycles. The molecule has 0 radical (unpaired) electrons. The maximum absolute atomic E-state index is 12.8. The van der Waals surface area contributed by atoms with Crippen LogP contribution in [0.1, 0.15) is 24.2 Å². The molecular weight excluding hydrogens is 338 g/mol. The number of anilines is 3. The molecule has 3 aromatic rings. The highest BCUT2D eigenvalue weighted by molar-refractivity contribution is 6.06. The highest BCUT2D eigenvalue weighted by Crippen LogP contribution is 2.28. The van der Waals surface area contributed by atoms with Crippen molar-refractivity contribution < 1.29 is 9.53 Å². The zero-order chi connectivity index (χ0) is 19.2. The smallest absolute Gasteiger partial charge is 0.258 e. The zero-order valence-electron chi connectivity index (χ0n) is 15.7. The number of aromatic nitrogens is 1. The first-order valence-corrected chi connectivity index (χ1v) is 8.86. The van der Waals surface area contributed by atoms with Crippen LogP contribution in [0, 0.1) is 0 Å². The highest BCUT2D eigenvalue weighted by atomic mass is 16.5. The van der Waals surface area contributed by atoms with Gasteiger partial charge in [0.25, 0.3) is 5.91 Å². The lowest BCUT2D eigenvalue weighted by Gasteiger charge is -2.18. The van der Waals surface area contributed by atoms with Crippen LogP contribution in [0.4, 0.5) is 17.2 Å². The number of ether oxygens (including phenoxy) is 1. The van der Waals surface area contributed by atoms with Crippen LogP contribution in [-0.4, -0.2) is 24.0 Å². The summed E-state index contributed by atoms with van der Waals surface area (Å²) in [6, 6.07) is 20.7. The van der Waals surface area contributed by atoms with E-state index in [1.165, 1.54) is 0 Å². The van der Waals surface area contributed by atoms with Gasteiger partial charge in [0.1, 0.15) is 11.6 Å². The number of carbonyl (C=O) groups is 1. The van der Waals surface area contributed by atoms with Crippen molar-refractivity contribution in [2.24, 2.45) is 0 Å². The van der Waals surface area contributed by atoms with Gasteiger partial charge in [-0.1, -0.05) is 30.3 Å². The van der Waals surface area contributed by atoms with Gasteiger partial charge in [-0.3, -0.25) is 4.79 Å². The third-order valence-electron chi connectivity index (χ3n) is 3.97. The molecule has 1 amide bonds. The minimum absolute atomic E-state index is 0.0633. The Morgan fingerprint density at radius 1 is 1.04 bits per heavy atom. The van der Waals surface area contributed by atoms with Crippen molar-refractivity contribution in [3.63, 3.8) is 0 Å². The molecule has 0 aliphatic heterocycles. The predicted molar refractivity (Wildman–Crippen MR) is 109 cm³/mol. The van der Waals surface area contributed by atoms with E-state index < -0.39 is 0 Å². The quantitative estimate of drug-likeness (QED) is 0.679. The summed E-state index contributed by atoms with van der Waals surface area (Å²) >= 11 is 0. The maximum atomic E-state index is 12.8. The molecule has 1 heterocycles. The van der Waals surface area contributed by atoms with E-state index in [4.69, 9.17) is 4.74 Å². The van der Waals surface area contributed by atoms with Crippen LogP contribution in [-0.2, 0) is 0 Å². The van der Waals surface area contributed by atoms with E-state index in [1.807, 2.05) is 68.4 Å². The van der Waals surface area contributed by atoms with Gasteiger partial charge in [0.15, 0.2) is 0 Å². The van der Waals surface area contributed by atoms with Crippen LogP contribution in [0.3, 0.4) is 0 Å². The molecule has 0 spiro atoms. The number of nitrogens with zero attached hydrogens (tertiary/aromatic N) is 2. The molecule has 0 saturated carbocycles. The summed E-state index contributed by atoms with van der Waals surface area (Å²) in [6.07, 6.45) is 1.69. The van der Waals surface area contributed by atoms with Gasteiger partial charge in [-0.05, 0) is 50.2 Å². The van der Waals surface area contributed by atoms with E-state index in [9.17, 15) is 4.79 Å². The van der Waals surface area contributed by atoms with Crippen molar-refractivity contribution in [3.8, 4) is 5.75 Å². The molecule has 0 aliphatic carbocycles. The standard InChI is InChI=1S/C22H23N3O2/c1-16(2)27-20-12-8-7-11-19(20)24-21-15-17(13-14-23-21)22(26)25(3)18-9-5-4-6-10-18/h4-16H,1-3H3,(H,23,24). The monoisotopic (exact) mass is 361 g/mol. The lowest BCUT2D eigenvalue weighted by atomic mass is 10.2. The number of para-hydroxylation sites is 3. The normalized spacial score (nSPS) is 10.5. The van der Waals surface area contributed by atoms with Crippen molar-refractivity contribution >= 4 is 23.1 Å². The minimum atomic E-state index is -0.0987. The van der Waals surface area contributed by atoms with Crippen LogP contribution >= 0.6 is 0 Å². The average Bonchev–Trinajstić information content (AvgIpc) is 2.69. The van der Waals surface area contributed by atoms with E-state index in [1.54, 1.807) is 30.3 Å². The van der Waals surface area contributed by atoms with E-state index in [0.29, 0.717) is 11.4 Å². The van der Waals surface area contributed by atoms with Gasteiger partial charge < -0.3 is 15.0 Å². The molecule has 0 unspecified atom stereocenters. The Morgan fingerprint density at radius 2 is 1.74 bits per heavy atom. The van der Waals surface area contributed by atoms with Crippen molar-refractivity contribution in [1.82, 2.24) is 4.98 Å². The molecule has 0 saturated heterocycles. The van der Waals surface area contributed by atoms with Crippen molar-refractivity contribution in [1.29, 1.82) is 0 Å². The summed E-state index contributed by atoms with van der Waals surface area (Å²) in [5.41, 5.74) is 2.20. The second-order valence-corrected chi connectivity index (χ2v) is 6.42. The molecule has 3 rings (SSSR count). The molecule has 0 aliphatic rings. The van der Waals surface area contributed by atoms with Crippen LogP contribution in [0.25, 0.3) is 0 Å². The van der Waals surface area contributed by atoms with E-state index in [0.717, 1.165) is 17.1 Å². The minimum Gasteiger partial charge on any atom is -0.489 e. The van der Waals surface area contributed by atoms with E-state index >= 15 is 0 Å². The van der Waals surface area contributed by atoms with Crippen LogP contribution in [0.2, 0.25) is 0 Å². The summed E-state index contributed by atoms with van der Waals surface area (Å²) < 4.78 is 5.83. The number of amides is 1. The number of benzene rings is 2. The largest absolute Gasteiger partial charge is 0.489 e. The average molecular weight is 361 g/mol. The Bertz CT molecular complexity index is 910. The van der Waals surface area contributed by atoms with Gasteiger partial charge in [-0.25, -0.2) is 4.98 Å². The number of hydrogen-bond acceptors (Lipinski definition) is 4. The predicted octanol–water partition coefficient (Wildman–Crippen LogP) is 4.89. The third-order valence-corrected chi connectivity index (χ3v) is 3.97. The van der Waals surface area contributed by atoms with Gasteiger partial charge in [0, 0.05) is 24.5 Å². The fourth-order valence-corrected chi connectivity index (χ4v) is 2.66. The molecule has 27 heavy (non-hydrogen) atoms. The number of pyridine rings is 1. The third kappa shape index (κ3) is 4.64. The molecule has 0 fully saturated rings. The van der Waals surface area contributed by atoms with Gasteiger partial charge in [-0.2, -0.15) is 0 Å². The number of carbonyl (C=O) groups excluding carboxylic acids is 1. The summed E-state index contributed by atoms with van der Waals surface area (Å²) in [6.45, 7) is 3.96. The SMILES string of the molecule is CC(C)Oc1ccccc1Nc1cc(C(=O)N(C)c2ccccc2)ccn1. The summed E-state index contributed by atoms with van der Waals surface area (Å²) in [7, 11) is 1.76. The fourth-order valence-electron chi connectivity index (χ4n) is 2.66. The Morgan fingerprint density at radius 3 is 2.48 bits per heavy atom. The molecule has 2 aromatic carbocycles. The topological polar surface area (TPSA) is 54.5 Å². The number of hydrogen-bond donors (Lipinski definition) is 1. The highest BCUT2D eigenvalue weighted by Gasteiger charge is 2.14. The molecule has 1 N–H and O–H groups in total. The van der Waals surface area contributed by atoms with E-state index in [2.05, 4.69) is 10.3 Å².